The summed E-state index contributed by atoms with van der Waals surface area (Å²) in [5, 5.41) is 3.19. The number of halogens is 1. The number of allylic oxidation sites excluding steroid dienone is 5. The molecule has 0 saturated carbocycles. The van der Waals surface area contributed by atoms with Crippen molar-refractivity contribution in [2.24, 2.45) is 5.73 Å². The maximum absolute atomic E-state index is 14.2. The van der Waals surface area contributed by atoms with Crippen LogP contribution in [0.25, 0.3) is 11.1 Å². The summed E-state index contributed by atoms with van der Waals surface area (Å²) < 4.78 is 19.9. The minimum Gasteiger partial charge on any atom is -0.492 e. The van der Waals surface area contributed by atoms with E-state index in [1.165, 1.54) is 12.5 Å². The van der Waals surface area contributed by atoms with Crippen LogP contribution in [0, 0.1) is 0 Å². The predicted molar refractivity (Wildman–Crippen MR) is 126 cm³/mol. The lowest BCUT2D eigenvalue weighted by Gasteiger charge is -2.09. The molecule has 3 N–H and O–H groups in total. The van der Waals surface area contributed by atoms with Gasteiger partial charge in [-0.15, -0.1) is 0 Å². The number of rotatable bonds is 12. The van der Waals surface area contributed by atoms with Gasteiger partial charge in [0.05, 0.1) is 0 Å². The van der Waals surface area contributed by atoms with Crippen molar-refractivity contribution in [3.63, 3.8) is 0 Å². The molecule has 30 heavy (non-hydrogen) atoms. The van der Waals surface area contributed by atoms with E-state index in [0.29, 0.717) is 18.7 Å². The van der Waals surface area contributed by atoms with Crippen LogP contribution in [-0.2, 0) is 6.42 Å². The van der Waals surface area contributed by atoms with Gasteiger partial charge in [-0.25, -0.2) is 4.39 Å². The van der Waals surface area contributed by atoms with Crippen LogP contribution in [0.2, 0.25) is 0 Å². The number of benzene rings is 2. The molecule has 0 aliphatic carbocycles. The van der Waals surface area contributed by atoms with Gasteiger partial charge in [0.15, 0.2) is 0 Å². The van der Waals surface area contributed by atoms with Gasteiger partial charge in [-0.2, -0.15) is 0 Å². The third-order valence-corrected chi connectivity index (χ3v) is 4.72. The summed E-state index contributed by atoms with van der Waals surface area (Å²) in [7, 11) is 0. The van der Waals surface area contributed by atoms with Gasteiger partial charge in [0.25, 0.3) is 0 Å². The van der Waals surface area contributed by atoms with Gasteiger partial charge >= 0.3 is 0 Å². The lowest BCUT2D eigenvalue weighted by Crippen LogP contribution is -2.26. The van der Waals surface area contributed by atoms with Crippen LogP contribution in [0.15, 0.2) is 73.1 Å². The number of hydrogen-bond acceptors (Lipinski definition) is 3. The fraction of sp³-hybridized carbons (Fsp3) is 0.308. The topological polar surface area (TPSA) is 47.3 Å². The Bertz CT molecular complexity index is 848. The minimum atomic E-state index is -0.214. The van der Waals surface area contributed by atoms with Crippen LogP contribution in [0.3, 0.4) is 0 Å². The first kappa shape index (κ1) is 23.6. The molecule has 0 saturated heterocycles. The van der Waals surface area contributed by atoms with E-state index in [4.69, 9.17) is 10.5 Å². The molecule has 0 spiro atoms. The lowest BCUT2D eigenvalue weighted by molar-refractivity contribution is 0.315. The molecule has 2 rings (SSSR count). The second-order valence-electron chi connectivity index (χ2n) is 7.16. The predicted octanol–water partition coefficient (Wildman–Crippen LogP) is 5.54. The van der Waals surface area contributed by atoms with E-state index >= 15 is 0 Å². The molecule has 0 atom stereocenters. The summed E-state index contributed by atoms with van der Waals surface area (Å²) in [6.45, 7) is 10.5. The highest BCUT2D eigenvalue weighted by atomic mass is 19.1. The Balaban J connectivity index is 1.99. The summed E-state index contributed by atoms with van der Waals surface area (Å²) in [6.07, 6.45) is 5.77. The summed E-state index contributed by atoms with van der Waals surface area (Å²) >= 11 is 0. The summed E-state index contributed by atoms with van der Waals surface area (Å²) in [5.74, 6) is 0.590. The highest BCUT2D eigenvalue weighted by Crippen LogP contribution is 2.25. The molecule has 0 aliphatic rings. The molecule has 4 heteroatoms. The van der Waals surface area contributed by atoms with Crippen molar-refractivity contribution < 1.29 is 9.13 Å². The van der Waals surface area contributed by atoms with Crippen molar-refractivity contribution in [3.8, 4) is 5.75 Å². The summed E-state index contributed by atoms with van der Waals surface area (Å²) in [6, 6.07) is 15.8. The van der Waals surface area contributed by atoms with Gasteiger partial charge in [-0.05, 0) is 47.7 Å². The van der Waals surface area contributed by atoms with Gasteiger partial charge in [-0.3, -0.25) is 0 Å². The van der Waals surface area contributed by atoms with Crippen molar-refractivity contribution in [1.29, 1.82) is 0 Å². The highest BCUT2D eigenvalue weighted by Gasteiger charge is 2.04. The third kappa shape index (κ3) is 7.62. The molecule has 2 aromatic carbocycles. The molecular weight excluding hydrogens is 375 g/mol. The molecule has 0 unspecified atom stereocenters. The Labute approximate surface area is 180 Å². The molecule has 0 bridgehead atoms. The van der Waals surface area contributed by atoms with Crippen molar-refractivity contribution in [2.45, 2.75) is 26.7 Å². The maximum atomic E-state index is 14.2. The zero-order valence-corrected chi connectivity index (χ0v) is 18.1. The van der Waals surface area contributed by atoms with Crippen molar-refractivity contribution in [3.05, 3.63) is 89.8 Å². The summed E-state index contributed by atoms with van der Waals surface area (Å²) in [5.41, 5.74) is 9.92. The molecule has 160 valence electrons. The number of aryl methyl sites for hydroxylation is 1. The number of nitrogens with one attached hydrogen (secondary N) is 1. The van der Waals surface area contributed by atoms with Crippen LogP contribution in [0.4, 0.5) is 4.39 Å². The van der Waals surface area contributed by atoms with Crippen LogP contribution in [0.1, 0.15) is 37.0 Å². The molecule has 3 nitrogen and oxygen atoms in total. The summed E-state index contributed by atoms with van der Waals surface area (Å²) in [4.78, 5) is 0. The SMILES string of the molecule is C=C(/C=C\C(=C(/C)F)c1ccc(CCC)cc1)c1ccc(OCCNCCN)cc1. The van der Waals surface area contributed by atoms with Crippen LogP contribution in [-0.4, -0.2) is 26.2 Å². The van der Waals surface area contributed by atoms with E-state index in [9.17, 15) is 4.39 Å². The molecular formula is C26H33FN2O. The quantitative estimate of drug-likeness (QED) is 0.358. The lowest BCUT2D eigenvalue weighted by atomic mass is 9.99. The van der Waals surface area contributed by atoms with Crippen molar-refractivity contribution in [2.75, 3.05) is 26.2 Å². The first-order valence-corrected chi connectivity index (χ1v) is 10.5. The first-order chi connectivity index (χ1) is 14.5. The smallest absolute Gasteiger partial charge is 0.119 e. The second kappa shape index (κ2) is 12.8. The van der Waals surface area contributed by atoms with E-state index in [1.54, 1.807) is 6.08 Å². The van der Waals surface area contributed by atoms with Gasteiger partial charge < -0.3 is 15.8 Å². The molecule has 0 aromatic heterocycles. The first-order valence-electron chi connectivity index (χ1n) is 10.5. The molecule has 0 heterocycles. The Kier molecular flexibility index (Phi) is 10.1. The molecule has 0 radical (unpaired) electrons. The standard InChI is InChI=1S/C26H33FN2O/c1-4-5-22-7-9-24(10-8-22)26(21(3)27)15-6-20(2)23-11-13-25(14-12-23)30-19-18-29-17-16-28/h6-15,29H,2,4-5,16-19,28H2,1,3H3/b15-6-,26-21-. The van der Waals surface area contributed by atoms with E-state index in [-0.39, 0.29) is 5.83 Å². The Morgan fingerprint density at radius 2 is 1.70 bits per heavy atom. The largest absolute Gasteiger partial charge is 0.492 e. The second-order valence-corrected chi connectivity index (χ2v) is 7.16. The van der Waals surface area contributed by atoms with E-state index in [0.717, 1.165) is 48.4 Å². The van der Waals surface area contributed by atoms with E-state index in [1.807, 2.05) is 42.5 Å². The molecule has 2 aromatic rings. The van der Waals surface area contributed by atoms with E-state index in [2.05, 4.69) is 31.0 Å². The van der Waals surface area contributed by atoms with E-state index < -0.39 is 0 Å². The number of nitrogens with two attached hydrogens (primary N) is 1. The van der Waals surface area contributed by atoms with Crippen molar-refractivity contribution in [1.82, 2.24) is 5.32 Å². The van der Waals surface area contributed by atoms with Crippen LogP contribution in [0.5, 0.6) is 5.75 Å². The molecule has 0 aliphatic heterocycles. The molecule has 0 amide bonds. The Morgan fingerprint density at radius 1 is 1.03 bits per heavy atom. The fourth-order valence-corrected chi connectivity index (χ4v) is 3.06. The number of hydrogen-bond donors (Lipinski definition) is 2. The Hall–Kier alpha value is -2.69. The molecule has 0 fully saturated rings. The average Bonchev–Trinajstić information content (AvgIpc) is 2.75. The van der Waals surface area contributed by atoms with Gasteiger partial charge in [0.2, 0.25) is 0 Å². The van der Waals surface area contributed by atoms with Crippen LogP contribution < -0.4 is 15.8 Å². The van der Waals surface area contributed by atoms with Gasteiger partial charge in [-0.1, -0.05) is 68.5 Å². The normalized spacial score (nSPS) is 12.1. The zero-order chi connectivity index (χ0) is 21.8. The number of ether oxygens (including phenoxy) is 1. The van der Waals surface area contributed by atoms with Gasteiger partial charge in [0, 0.05) is 25.2 Å². The maximum Gasteiger partial charge on any atom is 0.119 e. The third-order valence-electron chi connectivity index (χ3n) is 4.72. The zero-order valence-electron chi connectivity index (χ0n) is 18.1. The minimum absolute atomic E-state index is 0.214. The van der Waals surface area contributed by atoms with Gasteiger partial charge in [0.1, 0.15) is 18.2 Å². The average molecular weight is 409 g/mol. The monoisotopic (exact) mass is 408 g/mol. The van der Waals surface area contributed by atoms with Crippen molar-refractivity contribution >= 4 is 11.1 Å². The highest BCUT2D eigenvalue weighted by molar-refractivity contribution is 5.81. The fourth-order valence-electron chi connectivity index (χ4n) is 3.06. The Morgan fingerprint density at radius 3 is 2.30 bits per heavy atom. The van der Waals surface area contributed by atoms with Crippen LogP contribution >= 0.6 is 0 Å².